The maximum Gasteiger partial charge on any atom is 0.335 e. The molecule has 0 heterocycles. The quantitative estimate of drug-likeness (QED) is 0.841. The van der Waals surface area contributed by atoms with Gasteiger partial charge in [0.25, 0.3) is 0 Å². The number of phenolic OH excluding ortho intramolecular Hbond substituents is 1. The molecular weight excluding hydrogens is 280 g/mol. The van der Waals surface area contributed by atoms with Crippen LogP contribution in [0.2, 0.25) is 0 Å². The number of benzene rings is 1. The number of phenols is 1. The molecule has 1 aromatic carbocycles. The fourth-order valence-electron chi connectivity index (χ4n) is 5.88. The van der Waals surface area contributed by atoms with Crippen LogP contribution in [-0.2, 0) is 10.2 Å². The highest BCUT2D eigenvalue weighted by molar-refractivity contribution is 5.88. The van der Waals surface area contributed by atoms with Crippen LogP contribution in [-0.4, -0.2) is 22.5 Å². The molecule has 0 radical (unpaired) electrons. The summed E-state index contributed by atoms with van der Waals surface area (Å²) in [6, 6.07) is 4.56. The van der Waals surface area contributed by atoms with E-state index < -0.39 is 5.97 Å². The summed E-state index contributed by atoms with van der Waals surface area (Å²) in [4.78, 5) is 23.0. The van der Waals surface area contributed by atoms with Crippen molar-refractivity contribution in [1.82, 2.24) is 0 Å². The summed E-state index contributed by atoms with van der Waals surface area (Å²) in [6.45, 7) is 0. The smallest absolute Gasteiger partial charge is 0.335 e. The third-order valence-electron chi connectivity index (χ3n) is 6.17. The molecule has 0 spiro atoms. The average molecular weight is 300 g/mol. The number of hydrogen-bond acceptors (Lipinski definition) is 3. The van der Waals surface area contributed by atoms with Crippen molar-refractivity contribution in [3.05, 3.63) is 29.3 Å². The molecular formula is C18H20O4. The van der Waals surface area contributed by atoms with E-state index in [4.69, 9.17) is 0 Å². The number of aromatic hydroxyl groups is 1. The SMILES string of the molecule is O=CC12CC3CC(C1)CC(c1cc(C(=O)O)ccc1O)(C3)C2. The first-order chi connectivity index (χ1) is 10.5. The number of aldehydes is 1. The molecule has 2 unspecified atom stereocenters. The van der Waals surface area contributed by atoms with Crippen molar-refractivity contribution < 1.29 is 19.8 Å². The van der Waals surface area contributed by atoms with Gasteiger partial charge >= 0.3 is 5.97 Å². The Morgan fingerprint density at radius 1 is 1.18 bits per heavy atom. The van der Waals surface area contributed by atoms with E-state index in [1.807, 2.05) is 0 Å². The zero-order chi connectivity index (χ0) is 15.5. The van der Waals surface area contributed by atoms with Crippen molar-refractivity contribution in [3.8, 4) is 5.75 Å². The molecule has 4 aliphatic carbocycles. The second kappa shape index (κ2) is 4.34. The summed E-state index contributed by atoms with van der Waals surface area (Å²) in [6.07, 6.45) is 6.94. The van der Waals surface area contributed by atoms with Crippen LogP contribution >= 0.6 is 0 Å². The van der Waals surface area contributed by atoms with Gasteiger partial charge in [-0.15, -0.1) is 0 Å². The highest BCUT2D eigenvalue weighted by Gasteiger charge is 2.58. The first-order valence-electron chi connectivity index (χ1n) is 7.98. The Morgan fingerprint density at radius 2 is 1.86 bits per heavy atom. The van der Waals surface area contributed by atoms with Gasteiger partial charge in [0, 0.05) is 16.4 Å². The topological polar surface area (TPSA) is 74.6 Å². The van der Waals surface area contributed by atoms with Crippen molar-refractivity contribution in [1.29, 1.82) is 0 Å². The molecule has 4 fully saturated rings. The van der Waals surface area contributed by atoms with Crippen molar-refractivity contribution in [3.63, 3.8) is 0 Å². The number of carbonyl (C=O) groups excluding carboxylic acids is 1. The summed E-state index contributed by atoms with van der Waals surface area (Å²) in [5.74, 6) is 0.253. The molecule has 4 saturated carbocycles. The van der Waals surface area contributed by atoms with E-state index in [1.54, 1.807) is 6.07 Å². The Hall–Kier alpha value is -1.84. The maximum absolute atomic E-state index is 11.7. The predicted octanol–water partition coefficient (Wildman–Crippen LogP) is 3.13. The molecule has 4 bridgehead atoms. The molecule has 22 heavy (non-hydrogen) atoms. The zero-order valence-electron chi connectivity index (χ0n) is 12.4. The van der Waals surface area contributed by atoms with Gasteiger partial charge in [0.05, 0.1) is 5.56 Å². The van der Waals surface area contributed by atoms with Gasteiger partial charge in [-0.25, -0.2) is 4.79 Å². The minimum absolute atomic E-state index is 0.174. The molecule has 0 saturated heterocycles. The van der Waals surface area contributed by atoms with E-state index in [-0.39, 0.29) is 22.1 Å². The highest BCUT2D eigenvalue weighted by atomic mass is 16.4. The molecule has 2 N–H and O–H groups in total. The second-order valence-electron chi connectivity index (χ2n) is 7.76. The number of carbonyl (C=O) groups is 2. The lowest BCUT2D eigenvalue weighted by Gasteiger charge is -2.60. The van der Waals surface area contributed by atoms with E-state index in [2.05, 4.69) is 0 Å². The highest BCUT2D eigenvalue weighted by Crippen LogP contribution is 2.65. The molecule has 4 nitrogen and oxygen atoms in total. The van der Waals surface area contributed by atoms with Crippen molar-refractivity contribution in [2.24, 2.45) is 17.3 Å². The van der Waals surface area contributed by atoms with Crippen molar-refractivity contribution in [2.45, 2.75) is 43.9 Å². The van der Waals surface area contributed by atoms with Crippen molar-refractivity contribution in [2.75, 3.05) is 0 Å². The van der Waals surface area contributed by atoms with Crippen molar-refractivity contribution >= 4 is 12.3 Å². The molecule has 0 aliphatic heterocycles. The predicted molar refractivity (Wildman–Crippen MR) is 79.9 cm³/mol. The molecule has 116 valence electrons. The lowest BCUT2D eigenvalue weighted by molar-refractivity contribution is -0.133. The average Bonchev–Trinajstić information content (AvgIpc) is 2.46. The molecule has 1 aromatic rings. The Bertz CT molecular complexity index is 649. The van der Waals surface area contributed by atoms with Gasteiger partial charge in [0.1, 0.15) is 12.0 Å². The second-order valence-corrected chi connectivity index (χ2v) is 7.76. The minimum Gasteiger partial charge on any atom is -0.508 e. The number of carboxylic acid groups (broad SMARTS) is 1. The van der Waals surface area contributed by atoms with Gasteiger partial charge in [0.2, 0.25) is 0 Å². The van der Waals surface area contributed by atoms with Crippen LogP contribution in [0.15, 0.2) is 18.2 Å². The number of carboxylic acids is 1. The van der Waals surface area contributed by atoms with Gasteiger partial charge in [0.15, 0.2) is 0 Å². The van der Waals surface area contributed by atoms with Crippen LogP contribution in [0.1, 0.15) is 54.4 Å². The fourth-order valence-corrected chi connectivity index (χ4v) is 5.88. The van der Waals surface area contributed by atoms with Gasteiger partial charge in [-0.3, -0.25) is 0 Å². The first-order valence-corrected chi connectivity index (χ1v) is 7.98. The molecule has 0 aromatic heterocycles. The number of aromatic carboxylic acids is 1. The minimum atomic E-state index is -0.976. The Kier molecular flexibility index (Phi) is 2.72. The maximum atomic E-state index is 11.7. The summed E-state index contributed by atoms with van der Waals surface area (Å²) >= 11 is 0. The molecule has 2 atom stereocenters. The summed E-state index contributed by atoms with van der Waals surface area (Å²) in [7, 11) is 0. The van der Waals surface area contributed by atoms with Crippen LogP contribution in [0.25, 0.3) is 0 Å². The van der Waals surface area contributed by atoms with E-state index in [0.717, 1.165) is 44.0 Å². The Labute approximate surface area is 129 Å². The van der Waals surface area contributed by atoms with Crippen LogP contribution in [0.4, 0.5) is 0 Å². The lowest BCUT2D eigenvalue weighted by atomic mass is 9.43. The van der Waals surface area contributed by atoms with Crippen LogP contribution in [0, 0.1) is 17.3 Å². The molecule has 4 heteroatoms. The third-order valence-corrected chi connectivity index (χ3v) is 6.17. The van der Waals surface area contributed by atoms with Crippen LogP contribution < -0.4 is 0 Å². The van der Waals surface area contributed by atoms with Crippen LogP contribution in [0.3, 0.4) is 0 Å². The standard InChI is InChI=1S/C18H20O4/c19-10-17-5-11-3-12(6-17)8-18(7-11,9-17)14-4-13(16(21)22)1-2-15(14)20/h1-2,4,10-12,20H,3,5-9H2,(H,21,22). The van der Waals surface area contributed by atoms with E-state index >= 15 is 0 Å². The molecule has 5 rings (SSSR count). The Balaban J connectivity index is 1.83. The summed E-state index contributed by atoms with van der Waals surface area (Å²) in [5, 5.41) is 19.6. The van der Waals surface area contributed by atoms with E-state index in [9.17, 15) is 19.8 Å². The van der Waals surface area contributed by atoms with Gasteiger partial charge in [-0.05, 0) is 68.6 Å². The normalized spacial score (nSPS) is 38.9. The lowest BCUT2D eigenvalue weighted by Crippen LogP contribution is -2.54. The Morgan fingerprint density at radius 3 is 2.45 bits per heavy atom. The van der Waals surface area contributed by atoms with Gasteiger partial charge in [-0.1, -0.05) is 0 Å². The monoisotopic (exact) mass is 300 g/mol. The largest absolute Gasteiger partial charge is 0.508 e. The first kappa shape index (κ1) is 13.8. The summed E-state index contributed by atoms with van der Waals surface area (Å²) < 4.78 is 0. The zero-order valence-corrected chi connectivity index (χ0v) is 12.4. The van der Waals surface area contributed by atoms with E-state index in [0.29, 0.717) is 11.8 Å². The molecule has 4 aliphatic rings. The van der Waals surface area contributed by atoms with Gasteiger partial charge < -0.3 is 15.0 Å². The van der Waals surface area contributed by atoms with Crippen LogP contribution in [0.5, 0.6) is 5.75 Å². The van der Waals surface area contributed by atoms with E-state index in [1.165, 1.54) is 18.6 Å². The third kappa shape index (κ3) is 1.82. The summed E-state index contributed by atoms with van der Waals surface area (Å²) in [5.41, 5.74) is 0.479. The number of rotatable bonds is 3. The molecule has 0 amide bonds. The van der Waals surface area contributed by atoms with Gasteiger partial charge in [-0.2, -0.15) is 0 Å². The number of hydrogen-bond donors (Lipinski definition) is 2. The fraction of sp³-hybridized carbons (Fsp3) is 0.556.